The van der Waals surface area contributed by atoms with Crippen LogP contribution in [0.2, 0.25) is 0 Å². The molecule has 7 heteroatoms. The number of nitrogens with zero attached hydrogens (tertiary/aromatic N) is 3. The van der Waals surface area contributed by atoms with Gasteiger partial charge in [0, 0.05) is 33.3 Å². The Morgan fingerprint density at radius 1 is 1.65 bits per heavy atom. The van der Waals surface area contributed by atoms with E-state index in [2.05, 4.69) is 20.4 Å². The van der Waals surface area contributed by atoms with E-state index in [9.17, 15) is 0 Å². The summed E-state index contributed by atoms with van der Waals surface area (Å²) in [4.78, 5) is 6.46. The fourth-order valence-corrected chi connectivity index (χ4v) is 2.20. The highest BCUT2D eigenvalue weighted by Gasteiger charge is 2.22. The van der Waals surface area contributed by atoms with E-state index < -0.39 is 0 Å². The van der Waals surface area contributed by atoms with Gasteiger partial charge in [-0.3, -0.25) is 4.99 Å². The van der Waals surface area contributed by atoms with Crippen LogP contribution in [0.15, 0.2) is 15.6 Å². The molecule has 1 unspecified atom stereocenters. The van der Waals surface area contributed by atoms with Gasteiger partial charge in [-0.25, -0.2) is 0 Å². The van der Waals surface area contributed by atoms with Gasteiger partial charge in [-0.15, -0.1) is 0 Å². The van der Waals surface area contributed by atoms with Gasteiger partial charge in [0.05, 0.1) is 31.6 Å². The van der Waals surface area contributed by atoms with Gasteiger partial charge < -0.3 is 24.2 Å². The van der Waals surface area contributed by atoms with Gasteiger partial charge in [-0.1, -0.05) is 5.16 Å². The molecule has 0 radical (unpaired) electrons. The average molecular weight is 282 g/mol. The summed E-state index contributed by atoms with van der Waals surface area (Å²) in [5.41, 5.74) is 0.878. The molecule has 112 valence electrons. The fraction of sp³-hybridized carbons (Fsp3) is 0.692. The summed E-state index contributed by atoms with van der Waals surface area (Å²) in [5, 5.41) is 7.14. The van der Waals surface area contributed by atoms with Crippen molar-refractivity contribution < 1.29 is 14.0 Å². The molecule has 1 aromatic heterocycles. The van der Waals surface area contributed by atoms with Gasteiger partial charge in [-0.05, 0) is 6.92 Å². The van der Waals surface area contributed by atoms with Crippen LogP contribution < -0.4 is 5.32 Å². The number of aryl methyl sites for hydroxylation is 1. The predicted molar refractivity (Wildman–Crippen MR) is 74.6 cm³/mol. The fourth-order valence-electron chi connectivity index (χ4n) is 2.20. The van der Waals surface area contributed by atoms with Gasteiger partial charge >= 0.3 is 0 Å². The van der Waals surface area contributed by atoms with Crippen LogP contribution in [0, 0.1) is 6.92 Å². The summed E-state index contributed by atoms with van der Waals surface area (Å²) in [5.74, 6) is 1.63. The van der Waals surface area contributed by atoms with E-state index in [4.69, 9.17) is 14.0 Å². The molecule has 1 N–H and O–H groups in total. The Morgan fingerprint density at radius 2 is 2.50 bits per heavy atom. The lowest BCUT2D eigenvalue weighted by Crippen LogP contribution is -2.51. The monoisotopic (exact) mass is 282 g/mol. The van der Waals surface area contributed by atoms with Crippen LogP contribution in [0.4, 0.5) is 0 Å². The number of morpholine rings is 1. The molecule has 0 spiro atoms. The van der Waals surface area contributed by atoms with Crippen LogP contribution in [-0.2, 0) is 16.0 Å². The molecule has 1 saturated heterocycles. The standard InChI is InChI=1S/C13H22N4O3/c1-10-6-11(20-16-10)7-15-13(14-2)17-4-5-19-12(8-17)9-18-3/h6,12H,4-5,7-9H2,1-3H3,(H,14,15). The summed E-state index contributed by atoms with van der Waals surface area (Å²) < 4.78 is 15.9. The molecule has 7 nitrogen and oxygen atoms in total. The molecule has 0 saturated carbocycles. The molecule has 0 amide bonds. The first kappa shape index (κ1) is 14.8. The minimum atomic E-state index is 0.0832. The summed E-state index contributed by atoms with van der Waals surface area (Å²) in [6.07, 6.45) is 0.0832. The third-order valence-electron chi connectivity index (χ3n) is 3.10. The highest BCUT2D eigenvalue weighted by molar-refractivity contribution is 5.79. The lowest BCUT2D eigenvalue weighted by molar-refractivity contribution is -0.0447. The maximum Gasteiger partial charge on any atom is 0.194 e. The van der Waals surface area contributed by atoms with Crippen molar-refractivity contribution >= 4 is 5.96 Å². The van der Waals surface area contributed by atoms with Crippen LogP contribution in [0.5, 0.6) is 0 Å². The van der Waals surface area contributed by atoms with Crippen LogP contribution in [-0.4, -0.2) is 62.6 Å². The zero-order chi connectivity index (χ0) is 14.4. The van der Waals surface area contributed by atoms with Crippen molar-refractivity contribution in [3.8, 4) is 0 Å². The van der Waals surface area contributed by atoms with E-state index in [-0.39, 0.29) is 6.10 Å². The second-order valence-electron chi connectivity index (χ2n) is 4.73. The zero-order valence-electron chi connectivity index (χ0n) is 12.3. The molecular formula is C13H22N4O3. The molecule has 1 aromatic rings. The molecule has 1 atom stereocenters. The Morgan fingerprint density at radius 3 is 3.15 bits per heavy atom. The predicted octanol–water partition coefficient (Wildman–Crippen LogP) is 0.406. The van der Waals surface area contributed by atoms with Gasteiger partial charge in [0.1, 0.15) is 0 Å². The van der Waals surface area contributed by atoms with Crippen molar-refractivity contribution in [2.24, 2.45) is 4.99 Å². The summed E-state index contributed by atoms with van der Waals surface area (Å²) in [7, 11) is 3.45. The lowest BCUT2D eigenvalue weighted by Gasteiger charge is -2.34. The first-order chi connectivity index (χ1) is 9.72. The van der Waals surface area contributed by atoms with Gasteiger partial charge in [0.15, 0.2) is 11.7 Å². The first-order valence-electron chi connectivity index (χ1n) is 6.71. The molecule has 2 rings (SSSR count). The van der Waals surface area contributed by atoms with Crippen molar-refractivity contribution in [2.75, 3.05) is 40.5 Å². The number of guanidine groups is 1. The molecule has 1 aliphatic heterocycles. The number of methoxy groups -OCH3 is 1. The maximum absolute atomic E-state index is 5.63. The van der Waals surface area contributed by atoms with E-state index >= 15 is 0 Å². The second-order valence-corrected chi connectivity index (χ2v) is 4.73. The largest absolute Gasteiger partial charge is 0.382 e. The summed E-state index contributed by atoms with van der Waals surface area (Å²) >= 11 is 0. The van der Waals surface area contributed by atoms with Crippen molar-refractivity contribution in [3.63, 3.8) is 0 Å². The van der Waals surface area contributed by atoms with Crippen LogP contribution in [0.1, 0.15) is 11.5 Å². The van der Waals surface area contributed by atoms with Gasteiger partial charge in [0.2, 0.25) is 0 Å². The Kier molecular flexibility index (Phi) is 5.37. The molecule has 0 bridgehead atoms. The molecule has 1 aliphatic rings. The molecule has 1 fully saturated rings. The van der Waals surface area contributed by atoms with E-state index in [1.165, 1.54) is 0 Å². The van der Waals surface area contributed by atoms with E-state index in [0.29, 0.717) is 19.8 Å². The smallest absolute Gasteiger partial charge is 0.194 e. The van der Waals surface area contributed by atoms with Gasteiger partial charge in [-0.2, -0.15) is 0 Å². The Bertz CT molecular complexity index is 445. The summed E-state index contributed by atoms with van der Waals surface area (Å²) in [6, 6.07) is 1.91. The number of ether oxygens (including phenoxy) is 2. The Hall–Kier alpha value is -1.60. The highest BCUT2D eigenvalue weighted by atomic mass is 16.5. The van der Waals surface area contributed by atoms with E-state index in [0.717, 1.165) is 30.5 Å². The van der Waals surface area contributed by atoms with Crippen molar-refractivity contribution in [3.05, 3.63) is 17.5 Å². The third kappa shape index (κ3) is 3.94. The molecule has 0 aliphatic carbocycles. The highest BCUT2D eigenvalue weighted by Crippen LogP contribution is 2.07. The average Bonchev–Trinajstić information content (AvgIpc) is 2.86. The minimum Gasteiger partial charge on any atom is -0.382 e. The molecular weight excluding hydrogens is 260 g/mol. The summed E-state index contributed by atoms with van der Waals surface area (Å²) in [6.45, 7) is 5.32. The number of hydrogen-bond donors (Lipinski definition) is 1. The van der Waals surface area contributed by atoms with E-state index in [1.54, 1.807) is 14.2 Å². The number of hydrogen-bond acceptors (Lipinski definition) is 5. The van der Waals surface area contributed by atoms with Crippen LogP contribution >= 0.6 is 0 Å². The van der Waals surface area contributed by atoms with E-state index in [1.807, 2.05) is 13.0 Å². The normalized spacial score (nSPS) is 20.2. The Balaban J connectivity index is 1.87. The van der Waals surface area contributed by atoms with Crippen LogP contribution in [0.3, 0.4) is 0 Å². The second kappa shape index (κ2) is 7.25. The zero-order valence-corrected chi connectivity index (χ0v) is 12.3. The quantitative estimate of drug-likeness (QED) is 0.637. The molecule has 20 heavy (non-hydrogen) atoms. The third-order valence-corrected chi connectivity index (χ3v) is 3.10. The van der Waals surface area contributed by atoms with Gasteiger partial charge in [0.25, 0.3) is 0 Å². The number of nitrogens with one attached hydrogen (secondary N) is 1. The van der Waals surface area contributed by atoms with Crippen molar-refractivity contribution in [1.82, 2.24) is 15.4 Å². The number of aliphatic imine (C=N–C) groups is 1. The topological polar surface area (TPSA) is 72.1 Å². The first-order valence-corrected chi connectivity index (χ1v) is 6.71. The Labute approximate surface area is 118 Å². The lowest BCUT2D eigenvalue weighted by atomic mass is 10.3. The van der Waals surface area contributed by atoms with Crippen LogP contribution in [0.25, 0.3) is 0 Å². The molecule has 2 heterocycles. The van der Waals surface area contributed by atoms with Crippen molar-refractivity contribution in [2.45, 2.75) is 19.6 Å². The number of aromatic nitrogens is 1. The molecule has 0 aromatic carbocycles. The van der Waals surface area contributed by atoms with Crippen molar-refractivity contribution in [1.29, 1.82) is 0 Å². The maximum atomic E-state index is 5.63. The minimum absolute atomic E-state index is 0.0832. The SMILES string of the molecule is CN=C(NCc1cc(C)no1)N1CCOC(COC)C1. The number of rotatable bonds is 4.